The van der Waals surface area contributed by atoms with Crippen LogP contribution in [0.25, 0.3) is 22.6 Å². The Morgan fingerprint density at radius 3 is 2.72 bits per heavy atom. The van der Waals surface area contributed by atoms with Gasteiger partial charge in [-0.1, -0.05) is 24.6 Å². The lowest BCUT2D eigenvalue weighted by Crippen LogP contribution is -2.38. The number of alkyl halides is 3. The summed E-state index contributed by atoms with van der Waals surface area (Å²) >= 11 is 0. The Morgan fingerprint density at radius 1 is 1.25 bits per heavy atom. The molecule has 1 fully saturated rings. The maximum absolute atomic E-state index is 13.4. The van der Waals surface area contributed by atoms with Gasteiger partial charge < -0.3 is 4.98 Å². The molecular weight excluding hydrogens is 453 g/mol. The molecule has 0 bridgehead atoms. The summed E-state index contributed by atoms with van der Waals surface area (Å²) in [4.78, 5) is 15.0. The van der Waals surface area contributed by atoms with Crippen LogP contribution in [0, 0.1) is 5.92 Å². The lowest BCUT2D eigenvalue weighted by molar-refractivity contribution is -0.137. The van der Waals surface area contributed by atoms with Gasteiger partial charge in [0.2, 0.25) is 0 Å². The van der Waals surface area contributed by atoms with Gasteiger partial charge in [-0.3, -0.25) is 9.39 Å². The highest BCUT2D eigenvalue weighted by atomic mass is 32.2. The van der Waals surface area contributed by atoms with Gasteiger partial charge in [-0.2, -0.15) is 21.6 Å². The highest BCUT2D eigenvalue weighted by Gasteiger charge is 2.36. The topological polar surface area (TPSA) is 147 Å². The first-order valence-electron chi connectivity index (χ1n) is 9.57. The number of nitrogens with zero attached hydrogens (tertiary/aromatic N) is 4. The quantitative estimate of drug-likeness (QED) is 0.464. The van der Waals surface area contributed by atoms with Gasteiger partial charge in [-0.25, -0.2) is 25.2 Å². The number of halogens is 3. The zero-order chi connectivity index (χ0) is 23.1. The first kappa shape index (κ1) is 22.4. The number of anilines is 1. The largest absolute Gasteiger partial charge is 0.417 e. The van der Waals surface area contributed by atoms with E-state index in [1.54, 1.807) is 0 Å². The molecule has 1 aliphatic carbocycles. The van der Waals surface area contributed by atoms with Crippen LogP contribution >= 0.6 is 0 Å². The van der Waals surface area contributed by atoms with Gasteiger partial charge in [-0.15, -0.1) is 0 Å². The lowest BCUT2D eigenvalue weighted by Gasteiger charge is -2.28. The molecule has 0 aliphatic heterocycles. The van der Waals surface area contributed by atoms with E-state index in [-0.39, 0.29) is 40.9 Å². The molecule has 3 aromatic rings. The number of imidazole rings is 1. The standard InChI is InChI=1S/C18H19F3N6O4S/c19-18(20,21)12-6-2-1-5-11(12)15-25-14-16(26-15)23-9-24-17(14)27(28)13-7-3-4-10(13)8-31-32(22,29)30/h1-2,5-6,9-10,13,28H,3-4,7-8H2,(H2,22,29,30)(H,23,24,25,26). The molecule has 0 saturated heterocycles. The molecule has 4 rings (SSSR count). The van der Waals surface area contributed by atoms with Gasteiger partial charge in [0.05, 0.1) is 18.2 Å². The molecule has 2 atom stereocenters. The third-order valence-corrected chi connectivity index (χ3v) is 5.82. The van der Waals surface area contributed by atoms with Crippen LogP contribution in [-0.4, -0.2) is 46.2 Å². The predicted octanol–water partition coefficient (Wildman–Crippen LogP) is 2.62. The first-order valence-corrected chi connectivity index (χ1v) is 11.0. The van der Waals surface area contributed by atoms with E-state index in [0.717, 1.165) is 17.5 Å². The predicted molar refractivity (Wildman–Crippen MR) is 107 cm³/mol. The van der Waals surface area contributed by atoms with E-state index in [1.165, 1.54) is 18.2 Å². The van der Waals surface area contributed by atoms with Crippen LogP contribution in [0.4, 0.5) is 19.0 Å². The maximum atomic E-state index is 13.4. The van der Waals surface area contributed by atoms with Crippen LogP contribution in [0.2, 0.25) is 0 Å². The average Bonchev–Trinajstić information content (AvgIpc) is 3.37. The minimum Gasteiger partial charge on any atom is -0.333 e. The van der Waals surface area contributed by atoms with E-state index in [2.05, 4.69) is 24.1 Å². The average molecular weight is 472 g/mol. The van der Waals surface area contributed by atoms with Gasteiger partial charge in [-0.05, 0) is 18.9 Å². The molecule has 0 radical (unpaired) electrons. The molecule has 32 heavy (non-hydrogen) atoms. The molecule has 0 amide bonds. The third-order valence-electron chi connectivity index (χ3n) is 5.35. The summed E-state index contributed by atoms with van der Waals surface area (Å²) in [6.07, 6.45) is -1.67. The second-order valence-corrected chi connectivity index (χ2v) is 8.63. The molecule has 1 aliphatic rings. The molecule has 1 aromatic carbocycles. The molecule has 2 heterocycles. The number of hydrogen-bond acceptors (Lipinski definition) is 8. The monoisotopic (exact) mass is 472 g/mol. The summed E-state index contributed by atoms with van der Waals surface area (Å²) in [5.74, 6) is -0.439. The minimum atomic E-state index is -4.59. The number of H-pyrrole nitrogens is 1. The Morgan fingerprint density at radius 2 is 2.00 bits per heavy atom. The second kappa shape index (κ2) is 8.27. The number of fused-ring (bicyclic) bond motifs is 1. The van der Waals surface area contributed by atoms with E-state index < -0.39 is 28.1 Å². The Kier molecular flexibility index (Phi) is 5.79. The molecule has 2 aromatic heterocycles. The molecular formula is C18H19F3N6O4S. The van der Waals surface area contributed by atoms with Crippen LogP contribution in [0.5, 0.6) is 0 Å². The van der Waals surface area contributed by atoms with Crippen molar-refractivity contribution in [3.63, 3.8) is 0 Å². The van der Waals surface area contributed by atoms with Gasteiger partial charge >= 0.3 is 16.5 Å². The second-order valence-electron chi connectivity index (χ2n) is 7.40. The molecule has 172 valence electrons. The number of rotatable bonds is 6. The van der Waals surface area contributed by atoms with E-state index in [0.29, 0.717) is 19.3 Å². The highest BCUT2D eigenvalue weighted by Crippen LogP contribution is 2.38. The van der Waals surface area contributed by atoms with E-state index in [9.17, 15) is 26.8 Å². The molecule has 10 nitrogen and oxygen atoms in total. The van der Waals surface area contributed by atoms with Gasteiger partial charge in [0.25, 0.3) is 0 Å². The summed E-state index contributed by atoms with van der Waals surface area (Å²) < 4.78 is 67.2. The van der Waals surface area contributed by atoms with E-state index in [4.69, 9.17) is 5.14 Å². The van der Waals surface area contributed by atoms with Crippen molar-refractivity contribution >= 4 is 27.3 Å². The van der Waals surface area contributed by atoms with Crippen molar-refractivity contribution in [3.05, 3.63) is 36.2 Å². The van der Waals surface area contributed by atoms with Crippen molar-refractivity contribution < 1.29 is 31.0 Å². The fourth-order valence-corrected chi connectivity index (χ4v) is 4.29. The Bertz CT molecular complexity index is 1230. The van der Waals surface area contributed by atoms with Crippen molar-refractivity contribution in [3.8, 4) is 11.4 Å². The van der Waals surface area contributed by atoms with Crippen molar-refractivity contribution in [2.45, 2.75) is 31.5 Å². The number of aromatic amines is 1. The van der Waals surface area contributed by atoms with Crippen LogP contribution in [0.1, 0.15) is 24.8 Å². The van der Waals surface area contributed by atoms with Crippen molar-refractivity contribution in [1.29, 1.82) is 0 Å². The van der Waals surface area contributed by atoms with Gasteiger partial charge in [0.1, 0.15) is 17.7 Å². The number of nitrogens with one attached hydrogen (secondary N) is 1. The van der Waals surface area contributed by atoms with Gasteiger partial charge in [0, 0.05) is 11.5 Å². The fourth-order valence-electron chi connectivity index (χ4n) is 3.93. The van der Waals surface area contributed by atoms with Crippen molar-refractivity contribution in [2.24, 2.45) is 11.1 Å². The molecule has 14 heteroatoms. The number of hydroxylamine groups is 1. The molecule has 4 N–H and O–H groups in total. The zero-order valence-corrected chi connectivity index (χ0v) is 17.3. The van der Waals surface area contributed by atoms with Crippen LogP contribution < -0.4 is 10.2 Å². The first-order chi connectivity index (χ1) is 15.0. The Balaban J connectivity index is 1.69. The van der Waals surface area contributed by atoms with E-state index >= 15 is 0 Å². The molecule has 0 spiro atoms. The molecule has 2 unspecified atom stereocenters. The third kappa shape index (κ3) is 4.53. The minimum absolute atomic E-state index is 0.00532. The van der Waals surface area contributed by atoms with Crippen molar-refractivity contribution in [2.75, 3.05) is 11.7 Å². The van der Waals surface area contributed by atoms with E-state index in [1.807, 2.05) is 0 Å². The van der Waals surface area contributed by atoms with Crippen molar-refractivity contribution in [1.82, 2.24) is 19.9 Å². The number of nitrogens with two attached hydrogens (primary N) is 1. The fraction of sp³-hybridized carbons (Fsp3) is 0.389. The van der Waals surface area contributed by atoms with Crippen LogP contribution in [-0.2, 0) is 20.7 Å². The summed E-state index contributed by atoms with van der Waals surface area (Å²) in [7, 11) is -4.14. The summed E-state index contributed by atoms with van der Waals surface area (Å²) in [5.41, 5.74) is -0.837. The summed E-state index contributed by atoms with van der Waals surface area (Å²) in [6.45, 7) is -0.220. The normalized spacial score (nSPS) is 19.5. The highest BCUT2D eigenvalue weighted by molar-refractivity contribution is 7.84. The van der Waals surface area contributed by atoms with Gasteiger partial charge in [0.15, 0.2) is 11.5 Å². The number of benzene rings is 1. The number of hydrogen-bond donors (Lipinski definition) is 3. The summed E-state index contributed by atoms with van der Waals surface area (Å²) in [5, 5.41) is 16.6. The zero-order valence-electron chi connectivity index (χ0n) is 16.5. The SMILES string of the molecule is NS(=O)(=O)OCC1CCCC1N(O)c1ncnc2nc(-c3ccccc3C(F)(F)F)[nH]c12. The number of aromatic nitrogens is 4. The van der Waals surface area contributed by atoms with Crippen LogP contribution in [0.15, 0.2) is 30.6 Å². The molecule has 1 saturated carbocycles. The van der Waals surface area contributed by atoms with Crippen LogP contribution in [0.3, 0.4) is 0 Å². The Hall–Kier alpha value is -2.81. The lowest BCUT2D eigenvalue weighted by atomic mass is 10.0. The smallest absolute Gasteiger partial charge is 0.333 e. The maximum Gasteiger partial charge on any atom is 0.417 e. The Labute approximate surface area is 180 Å². The summed E-state index contributed by atoms with van der Waals surface area (Å²) in [6, 6.07) is 4.41.